The average Bonchev–Trinajstić information content (AvgIpc) is 2.44. The highest BCUT2D eigenvalue weighted by Crippen LogP contribution is 2.08. The predicted molar refractivity (Wildman–Crippen MR) is 81.5 cm³/mol. The number of ether oxygens (including phenoxy) is 1. The maximum atomic E-state index is 11.6. The Balaban J connectivity index is 2.07. The van der Waals surface area contributed by atoms with Crippen molar-refractivity contribution in [3.05, 3.63) is 30.3 Å². The third kappa shape index (κ3) is 8.14. The summed E-state index contributed by atoms with van der Waals surface area (Å²) in [6.07, 6.45) is 1.65. The summed E-state index contributed by atoms with van der Waals surface area (Å²) in [5.41, 5.74) is 0. The lowest BCUT2D eigenvalue weighted by molar-refractivity contribution is 0.311. The highest BCUT2D eigenvalue weighted by Gasteiger charge is 2.08. The van der Waals surface area contributed by atoms with Crippen molar-refractivity contribution in [1.82, 2.24) is 10.0 Å². The zero-order valence-electron chi connectivity index (χ0n) is 12.0. The summed E-state index contributed by atoms with van der Waals surface area (Å²) in [6.45, 7) is 4.29. The van der Waals surface area contributed by atoms with Crippen LogP contribution in [-0.2, 0) is 10.0 Å². The Hall–Kier alpha value is -1.11. The molecule has 5 nitrogen and oxygen atoms in total. The van der Waals surface area contributed by atoms with Gasteiger partial charge in [0.2, 0.25) is 10.0 Å². The van der Waals surface area contributed by atoms with Crippen molar-refractivity contribution in [2.24, 2.45) is 0 Å². The number of rotatable bonds is 11. The number of hydrogen-bond donors (Lipinski definition) is 2. The molecule has 6 heteroatoms. The summed E-state index contributed by atoms with van der Waals surface area (Å²) >= 11 is 0. The maximum Gasteiger partial charge on any atom is 0.212 e. The van der Waals surface area contributed by atoms with Gasteiger partial charge in [0.05, 0.1) is 12.4 Å². The van der Waals surface area contributed by atoms with Crippen molar-refractivity contribution in [1.29, 1.82) is 0 Å². The number of sulfonamides is 1. The fourth-order valence-electron chi connectivity index (χ4n) is 1.59. The Bertz CT molecular complexity index is 449. The number of hydrogen-bond acceptors (Lipinski definition) is 4. The van der Waals surface area contributed by atoms with E-state index in [1.54, 1.807) is 0 Å². The molecule has 0 amide bonds. The first-order chi connectivity index (χ1) is 9.64. The molecule has 0 aliphatic heterocycles. The van der Waals surface area contributed by atoms with Crippen molar-refractivity contribution in [3.63, 3.8) is 0 Å². The van der Waals surface area contributed by atoms with E-state index in [9.17, 15) is 8.42 Å². The van der Waals surface area contributed by atoms with Gasteiger partial charge in [0, 0.05) is 13.1 Å². The molecule has 0 aromatic heterocycles. The average molecular weight is 300 g/mol. The molecule has 0 atom stereocenters. The molecule has 1 aromatic carbocycles. The molecule has 1 rings (SSSR count). The minimum Gasteiger partial charge on any atom is -0.494 e. The molecule has 20 heavy (non-hydrogen) atoms. The van der Waals surface area contributed by atoms with Gasteiger partial charge in [-0.25, -0.2) is 13.1 Å². The van der Waals surface area contributed by atoms with Gasteiger partial charge >= 0.3 is 0 Å². The Morgan fingerprint density at radius 3 is 2.55 bits per heavy atom. The highest BCUT2D eigenvalue weighted by atomic mass is 32.2. The van der Waals surface area contributed by atoms with Gasteiger partial charge in [0.15, 0.2) is 0 Å². The van der Waals surface area contributed by atoms with Crippen molar-refractivity contribution in [2.45, 2.75) is 19.8 Å². The summed E-state index contributed by atoms with van der Waals surface area (Å²) in [5.74, 6) is 0.922. The van der Waals surface area contributed by atoms with Crippen LogP contribution in [0.2, 0.25) is 0 Å². The van der Waals surface area contributed by atoms with Gasteiger partial charge in [0.1, 0.15) is 5.75 Å². The molecule has 0 unspecified atom stereocenters. The van der Waals surface area contributed by atoms with E-state index in [1.165, 1.54) is 0 Å². The maximum absolute atomic E-state index is 11.6. The zero-order chi connectivity index (χ0) is 14.7. The second-order valence-corrected chi connectivity index (χ2v) is 6.40. The molecule has 114 valence electrons. The van der Waals surface area contributed by atoms with Gasteiger partial charge in [-0.05, 0) is 31.5 Å². The summed E-state index contributed by atoms with van der Waals surface area (Å²) in [7, 11) is -3.18. The van der Waals surface area contributed by atoms with E-state index < -0.39 is 10.0 Å². The van der Waals surface area contributed by atoms with Crippen molar-refractivity contribution in [3.8, 4) is 5.75 Å². The lowest BCUT2D eigenvalue weighted by Gasteiger charge is -2.08. The van der Waals surface area contributed by atoms with Crippen LogP contribution in [-0.4, -0.2) is 40.4 Å². The minimum absolute atomic E-state index is 0.118. The van der Waals surface area contributed by atoms with Gasteiger partial charge in [-0.3, -0.25) is 0 Å². The molecule has 0 aliphatic rings. The Kier molecular flexibility index (Phi) is 8.25. The van der Waals surface area contributed by atoms with E-state index in [0.29, 0.717) is 26.1 Å². The van der Waals surface area contributed by atoms with E-state index in [2.05, 4.69) is 10.0 Å². The minimum atomic E-state index is -3.18. The van der Waals surface area contributed by atoms with Gasteiger partial charge in [-0.2, -0.15) is 0 Å². The monoisotopic (exact) mass is 300 g/mol. The molecule has 2 N–H and O–H groups in total. The van der Waals surface area contributed by atoms with Crippen LogP contribution in [0.3, 0.4) is 0 Å². The zero-order valence-corrected chi connectivity index (χ0v) is 12.8. The molecule has 0 spiro atoms. The first-order valence-electron chi connectivity index (χ1n) is 7.00. The fourth-order valence-corrected chi connectivity index (χ4v) is 2.60. The smallest absolute Gasteiger partial charge is 0.212 e. The molecule has 0 heterocycles. The van der Waals surface area contributed by atoms with Crippen LogP contribution in [0, 0.1) is 0 Å². The predicted octanol–water partition coefficient (Wildman–Crippen LogP) is 1.37. The van der Waals surface area contributed by atoms with Crippen LogP contribution in [0.15, 0.2) is 30.3 Å². The standard InChI is InChI=1S/C14H24N2O3S/c1-2-9-15-11-13-20(17,18)16-10-6-12-19-14-7-4-3-5-8-14/h3-5,7-8,15-16H,2,6,9-13H2,1H3. The number of para-hydroxylation sites is 1. The van der Waals surface area contributed by atoms with E-state index in [1.807, 2.05) is 37.3 Å². The normalized spacial score (nSPS) is 11.4. The van der Waals surface area contributed by atoms with Crippen LogP contribution < -0.4 is 14.8 Å². The summed E-state index contributed by atoms with van der Waals surface area (Å²) in [6, 6.07) is 9.49. The van der Waals surface area contributed by atoms with Crippen LogP contribution in [0.1, 0.15) is 19.8 Å². The van der Waals surface area contributed by atoms with E-state index in [0.717, 1.165) is 18.7 Å². The molecule has 0 saturated carbocycles. The van der Waals surface area contributed by atoms with Gasteiger partial charge in [-0.15, -0.1) is 0 Å². The Morgan fingerprint density at radius 1 is 1.10 bits per heavy atom. The third-order valence-electron chi connectivity index (χ3n) is 2.63. The summed E-state index contributed by atoms with van der Waals surface area (Å²) < 4.78 is 31.3. The van der Waals surface area contributed by atoms with Crippen LogP contribution in [0.4, 0.5) is 0 Å². The Morgan fingerprint density at radius 2 is 1.85 bits per heavy atom. The molecular formula is C14H24N2O3S. The molecule has 0 radical (unpaired) electrons. The Labute approximate surface area is 121 Å². The lowest BCUT2D eigenvalue weighted by Crippen LogP contribution is -2.33. The fraction of sp³-hybridized carbons (Fsp3) is 0.571. The quantitative estimate of drug-likeness (QED) is 0.606. The van der Waals surface area contributed by atoms with E-state index in [4.69, 9.17) is 4.74 Å². The topological polar surface area (TPSA) is 67.4 Å². The third-order valence-corrected chi connectivity index (χ3v) is 4.01. The molecule has 1 aromatic rings. The SMILES string of the molecule is CCCNCCS(=O)(=O)NCCCOc1ccccc1. The second-order valence-electron chi connectivity index (χ2n) is 4.48. The largest absolute Gasteiger partial charge is 0.494 e. The first kappa shape index (κ1) is 16.9. The van der Waals surface area contributed by atoms with Crippen LogP contribution in [0.5, 0.6) is 5.75 Å². The summed E-state index contributed by atoms with van der Waals surface area (Å²) in [4.78, 5) is 0. The summed E-state index contributed by atoms with van der Waals surface area (Å²) in [5, 5.41) is 3.07. The molecule has 0 saturated heterocycles. The van der Waals surface area contributed by atoms with Crippen molar-refractivity contribution >= 4 is 10.0 Å². The van der Waals surface area contributed by atoms with Gasteiger partial charge in [0.25, 0.3) is 0 Å². The molecule has 0 aliphatic carbocycles. The lowest BCUT2D eigenvalue weighted by atomic mass is 10.3. The number of nitrogens with one attached hydrogen (secondary N) is 2. The van der Waals surface area contributed by atoms with Crippen molar-refractivity contribution in [2.75, 3.05) is 32.0 Å². The van der Waals surface area contributed by atoms with Gasteiger partial charge in [-0.1, -0.05) is 25.1 Å². The van der Waals surface area contributed by atoms with Crippen LogP contribution in [0.25, 0.3) is 0 Å². The number of benzene rings is 1. The highest BCUT2D eigenvalue weighted by molar-refractivity contribution is 7.89. The first-order valence-corrected chi connectivity index (χ1v) is 8.65. The van der Waals surface area contributed by atoms with E-state index >= 15 is 0 Å². The van der Waals surface area contributed by atoms with E-state index in [-0.39, 0.29) is 5.75 Å². The van der Waals surface area contributed by atoms with Gasteiger partial charge < -0.3 is 10.1 Å². The van der Waals surface area contributed by atoms with Crippen LogP contribution >= 0.6 is 0 Å². The van der Waals surface area contributed by atoms with Crippen molar-refractivity contribution < 1.29 is 13.2 Å². The molecule has 0 bridgehead atoms. The molecular weight excluding hydrogens is 276 g/mol. The molecule has 0 fully saturated rings. The second kappa shape index (κ2) is 9.74.